The zero-order valence-corrected chi connectivity index (χ0v) is 15.6. The Hall–Kier alpha value is -0.980. The maximum atomic E-state index is 12.8. The van der Waals surface area contributed by atoms with Gasteiger partial charge in [0.15, 0.2) is 0 Å². The fourth-order valence-electron chi connectivity index (χ4n) is 3.62. The first kappa shape index (κ1) is 17.8. The number of hydrogen-bond acceptors (Lipinski definition) is 5. The van der Waals surface area contributed by atoms with Gasteiger partial charge in [-0.25, -0.2) is 4.98 Å². The Bertz CT molecular complexity index is 554. The van der Waals surface area contributed by atoms with Crippen LogP contribution >= 0.6 is 11.3 Å². The van der Waals surface area contributed by atoms with Crippen LogP contribution in [0.2, 0.25) is 0 Å². The van der Waals surface area contributed by atoms with Gasteiger partial charge in [-0.3, -0.25) is 4.79 Å². The fourth-order valence-corrected chi connectivity index (χ4v) is 4.73. The summed E-state index contributed by atoms with van der Waals surface area (Å²) >= 11 is 1.74. The van der Waals surface area contributed by atoms with Crippen LogP contribution in [0.25, 0.3) is 0 Å². The van der Waals surface area contributed by atoms with Gasteiger partial charge in [0.2, 0.25) is 5.91 Å². The van der Waals surface area contributed by atoms with Crippen LogP contribution in [0, 0.1) is 5.92 Å². The van der Waals surface area contributed by atoms with Crippen molar-refractivity contribution in [2.75, 3.05) is 26.3 Å². The molecule has 2 saturated heterocycles. The largest absolute Gasteiger partial charge is 0.381 e. The highest BCUT2D eigenvalue weighted by atomic mass is 32.1. The van der Waals surface area contributed by atoms with Crippen LogP contribution in [-0.2, 0) is 9.53 Å². The van der Waals surface area contributed by atoms with Crippen molar-refractivity contribution in [2.24, 2.45) is 11.7 Å². The quantitative estimate of drug-likeness (QED) is 0.905. The van der Waals surface area contributed by atoms with Crippen molar-refractivity contribution in [3.05, 3.63) is 16.1 Å². The number of hydrogen-bond donors (Lipinski definition) is 1. The highest BCUT2D eigenvalue weighted by Crippen LogP contribution is 2.31. The van der Waals surface area contributed by atoms with Crippen molar-refractivity contribution in [3.8, 4) is 0 Å². The Balaban J connectivity index is 1.62. The number of carbonyl (C=O) groups excluding carboxylic acids is 1. The zero-order chi connectivity index (χ0) is 17.1. The van der Waals surface area contributed by atoms with Crippen molar-refractivity contribution < 1.29 is 9.53 Å². The van der Waals surface area contributed by atoms with Gasteiger partial charge in [0.25, 0.3) is 0 Å². The first-order valence-electron chi connectivity index (χ1n) is 9.13. The number of thiazole rings is 1. The van der Waals surface area contributed by atoms with E-state index in [0.29, 0.717) is 11.8 Å². The van der Waals surface area contributed by atoms with Crippen LogP contribution < -0.4 is 5.73 Å². The number of carbonyl (C=O) groups is 1. The smallest absolute Gasteiger partial charge is 0.239 e. The molecule has 3 heterocycles. The number of rotatable bonds is 4. The summed E-state index contributed by atoms with van der Waals surface area (Å²) in [5, 5.41) is 3.34. The summed E-state index contributed by atoms with van der Waals surface area (Å²) in [7, 11) is 0. The molecule has 1 aromatic heterocycles. The summed E-state index contributed by atoms with van der Waals surface area (Å²) in [6.07, 6.45) is 3.94. The summed E-state index contributed by atoms with van der Waals surface area (Å²) < 4.78 is 5.38. The summed E-state index contributed by atoms with van der Waals surface area (Å²) in [5.41, 5.74) is 7.46. The molecule has 0 aliphatic carbocycles. The predicted molar refractivity (Wildman–Crippen MR) is 96.3 cm³/mol. The van der Waals surface area contributed by atoms with Crippen molar-refractivity contribution in [3.63, 3.8) is 0 Å². The van der Waals surface area contributed by atoms with Gasteiger partial charge in [0.05, 0.1) is 16.7 Å². The van der Waals surface area contributed by atoms with Gasteiger partial charge in [0.1, 0.15) is 0 Å². The van der Waals surface area contributed by atoms with Crippen molar-refractivity contribution in [2.45, 2.75) is 57.4 Å². The molecule has 6 heteroatoms. The minimum Gasteiger partial charge on any atom is -0.381 e. The van der Waals surface area contributed by atoms with E-state index in [-0.39, 0.29) is 17.9 Å². The van der Waals surface area contributed by atoms with Gasteiger partial charge in [-0.1, -0.05) is 13.8 Å². The van der Waals surface area contributed by atoms with E-state index >= 15 is 0 Å². The molecule has 5 nitrogen and oxygen atoms in total. The molecule has 3 rings (SSSR count). The average Bonchev–Trinajstić information content (AvgIpc) is 3.12. The Labute approximate surface area is 148 Å². The number of nitrogens with two attached hydrogens (primary N) is 1. The monoisotopic (exact) mass is 351 g/mol. The van der Waals surface area contributed by atoms with Crippen LogP contribution in [0.1, 0.15) is 62.1 Å². The number of nitrogens with zero attached hydrogens (tertiary/aromatic N) is 2. The minimum absolute atomic E-state index is 0.118. The summed E-state index contributed by atoms with van der Waals surface area (Å²) in [6.45, 7) is 7.39. The number of amides is 1. The lowest BCUT2D eigenvalue weighted by Crippen LogP contribution is -2.51. The van der Waals surface area contributed by atoms with Gasteiger partial charge in [0, 0.05) is 37.6 Å². The third-order valence-corrected chi connectivity index (χ3v) is 6.30. The molecular formula is C18H29N3O2S. The molecule has 2 fully saturated rings. The van der Waals surface area contributed by atoms with E-state index in [9.17, 15) is 4.79 Å². The van der Waals surface area contributed by atoms with Crippen LogP contribution in [0.4, 0.5) is 0 Å². The van der Waals surface area contributed by atoms with E-state index in [1.807, 2.05) is 4.90 Å². The van der Waals surface area contributed by atoms with E-state index in [1.165, 1.54) is 5.01 Å². The van der Waals surface area contributed by atoms with E-state index in [4.69, 9.17) is 15.5 Å². The van der Waals surface area contributed by atoms with Gasteiger partial charge in [-0.2, -0.15) is 0 Å². The lowest BCUT2D eigenvalue weighted by molar-refractivity contribution is -0.136. The van der Waals surface area contributed by atoms with Crippen LogP contribution in [0.5, 0.6) is 0 Å². The van der Waals surface area contributed by atoms with E-state index < -0.39 is 0 Å². The molecule has 1 aromatic rings. The zero-order valence-electron chi connectivity index (χ0n) is 14.7. The number of aromatic nitrogens is 1. The first-order valence-corrected chi connectivity index (χ1v) is 10.0. The molecule has 1 amide bonds. The molecule has 0 spiro atoms. The molecule has 2 N–H and O–H groups in total. The second-order valence-corrected chi connectivity index (χ2v) is 8.25. The topological polar surface area (TPSA) is 68.5 Å². The summed E-state index contributed by atoms with van der Waals surface area (Å²) in [6, 6.07) is -0.379. The van der Waals surface area contributed by atoms with E-state index in [2.05, 4.69) is 19.2 Å². The predicted octanol–water partition coefficient (Wildman–Crippen LogP) is 2.73. The lowest BCUT2D eigenvalue weighted by atomic mass is 9.90. The Kier molecular flexibility index (Phi) is 5.89. The Morgan fingerprint density at radius 2 is 2.12 bits per heavy atom. The Morgan fingerprint density at radius 1 is 1.38 bits per heavy atom. The minimum atomic E-state index is -0.379. The van der Waals surface area contributed by atoms with Gasteiger partial charge in [-0.15, -0.1) is 11.3 Å². The Morgan fingerprint density at radius 3 is 2.79 bits per heavy atom. The van der Waals surface area contributed by atoms with E-state index in [1.54, 1.807) is 11.3 Å². The molecule has 0 aromatic carbocycles. The third-order valence-electron chi connectivity index (χ3n) is 5.27. The third kappa shape index (κ3) is 3.98. The number of likely N-dealkylation sites (tertiary alicyclic amines) is 1. The highest BCUT2D eigenvalue weighted by Gasteiger charge is 2.33. The van der Waals surface area contributed by atoms with Gasteiger partial charge >= 0.3 is 0 Å². The van der Waals surface area contributed by atoms with E-state index in [0.717, 1.165) is 57.7 Å². The molecule has 134 valence electrons. The fraction of sp³-hybridized carbons (Fsp3) is 0.778. The van der Waals surface area contributed by atoms with Crippen molar-refractivity contribution >= 4 is 17.2 Å². The standard InChI is InChI=1S/C18H29N3O2S/c1-12(2)15-11-24-17(20-15)14-4-3-7-21(10-14)18(22)16(19)13-5-8-23-9-6-13/h11-14,16H,3-10,19H2,1-2H3. The lowest BCUT2D eigenvalue weighted by Gasteiger charge is -2.36. The molecule has 2 aliphatic heterocycles. The average molecular weight is 352 g/mol. The highest BCUT2D eigenvalue weighted by molar-refractivity contribution is 7.09. The second kappa shape index (κ2) is 7.93. The first-order chi connectivity index (χ1) is 11.6. The van der Waals surface area contributed by atoms with Crippen LogP contribution in [0.15, 0.2) is 5.38 Å². The molecule has 2 aliphatic rings. The molecular weight excluding hydrogens is 322 g/mol. The number of ether oxygens (including phenoxy) is 1. The maximum absolute atomic E-state index is 12.8. The summed E-state index contributed by atoms with van der Waals surface area (Å²) in [4.78, 5) is 19.6. The molecule has 0 radical (unpaired) electrons. The van der Waals surface area contributed by atoms with Gasteiger partial charge < -0.3 is 15.4 Å². The molecule has 24 heavy (non-hydrogen) atoms. The van der Waals surface area contributed by atoms with Gasteiger partial charge in [-0.05, 0) is 37.5 Å². The molecule has 2 atom stereocenters. The molecule has 0 saturated carbocycles. The van der Waals surface area contributed by atoms with Crippen molar-refractivity contribution in [1.82, 2.24) is 9.88 Å². The number of piperidine rings is 1. The second-order valence-electron chi connectivity index (χ2n) is 7.36. The summed E-state index contributed by atoms with van der Waals surface area (Å²) in [5.74, 6) is 1.20. The molecule has 2 unspecified atom stereocenters. The normalized spacial score (nSPS) is 24.3. The van der Waals surface area contributed by atoms with Crippen molar-refractivity contribution in [1.29, 1.82) is 0 Å². The SMILES string of the molecule is CC(C)c1csc(C2CCCN(C(=O)C(N)C3CCOCC3)C2)n1. The molecule has 0 bridgehead atoms. The van der Waals surface area contributed by atoms with Crippen LogP contribution in [-0.4, -0.2) is 48.1 Å². The van der Waals surface area contributed by atoms with Crippen LogP contribution in [0.3, 0.4) is 0 Å². The maximum Gasteiger partial charge on any atom is 0.239 e.